The summed E-state index contributed by atoms with van der Waals surface area (Å²) in [4.78, 5) is 29.2. The van der Waals surface area contributed by atoms with Gasteiger partial charge in [0.15, 0.2) is 4.77 Å². The molecule has 22 heavy (non-hydrogen) atoms. The van der Waals surface area contributed by atoms with Crippen molar-refractivity contribution >= 4 is 29.0 Å². The van der Waals surface area contributed by atoms with Crippen LogP contribution in [0.25, 0.3) is 10.9 Å². The third kappa shape index (κ3) is 3.61. The molecule has 2 aromatic rings. The lowest BCUT2D eigenvalue weighted by Gasteiger charge is -2.10. The Kier molecular flexibility index (Phi) is 5.10. The predicted molar refractivity (Wildman–Crippen MR) is 89.9 cm³/mol. The second-order valence-corrected chi connectivity index (χ2v) is 5.85. The van der Waals surface area contributed by atoms with E-state index in [1.807, 2.05) is 14.1 Å². The number of carbonyl (C=O) groups is 1. The Balaban J connectivity index is 2.19. The van der Waals surface area contributed by atoms with E-state index in [1.165, 1.54) is 4.57 Å². The monoisotopic (exact) mass is 320 g/mol. The van der Waals surface area contributed by atoms with Crippen molar-refractivity contribution < 1.29 is 4.79 Å². The number of H-pyrrole nitrogens is 1. The molecule has 0 saturated heterocycles. The van der Waals surface area contributed by atoms with Crippen molar-refractivity contribution in [3.63, 3.8) is 0 Å². The fraction of sp³-hybridized carbons (Fsp3) is 0.400. The quantitative estimate of drug-likeness (QED) is 0.643. The van der Waals surface area contributed by atoms with E-state index in [4.69, 9.17) is 12.2 Å². The van der Waals surface area contributed by atoms with Gasteiger partial charge in [-0.1, -0.05) is 0 Å². The number of fused-ring (bicyclic) bond motifs is 1. The topological polar surface area (TPSA) is 70.1 Å². The van der Waals surface area contributed by atoms with Crippen molar-refractivity contribution in [2.24, 2.45) is 7.05 Å². The minimum absolute atomic E-state index is 0.152. The van der Waals surface area contributed by atoms with Gasteiger partial charge in [-0.25, -0.2) is 0 Å². The number of benzene rings is 1. The van der Waals surface area contributed by atoms with E-state index < -0.39 is 0 Å². The zero-order valence-electron chi connectivity index (χ0n) is 13.0. The van der Waals surface area contributed by atoms with Crippen molar-refractivity contribution in [3.8, 4) is 0 Å². The fourth-order valence-electron chi connectivity index (χ4n) is 2.15. The molecule has 1 aromatic carbocycles. The number of nitrogens with zero attached hydrogens (tertiary/aromatic N) is 2. The van der Waals surface area contributed by atoms with Crippen LogP contribution in [-0.4, -0.2) is 47.5 Å². The maximum absolute atomic E-state index is 12.1. The molecule has 0 bridgehead atoms. The van der Waals surface area contributed by atoms with Gasteiger partial charge >= 0.3 is 0 Å². The van der Waals surface area contributed by atoms with Crippen molar-refractivity contribution in [1.29, 1.82) is 0 Å². The molecule has 0 fully saturated rings. The van der Waals surface area contributed by atoms with E-state index in [1.54, 1.807) is 25.2 Å². The largest absolute Gasteiger partial charge is 0.352 e. The highest BCUT2D eigenvalue weighted by Crippen LogP contribution is 2.10. The molecule has 0 saturated carbocycles. The van der Waals surface area contributed by atoms with Crippen molar-refractivity contribution in [2.75, 3.05) is 27.2 Å². The summed E-state index contributed by atoms with van der Waals surface area (Å²) in [5.41, 5.74) is 0.919. The van der Waals surface area contributed by atoms with E-state index in [0.717, 1.165) is 13.0 Å². The lowest BCUT2D eigenvalue weighted by Crippen LogP contribution is -2.27. The zero-order valence-corrected chi connectivity index (χ0v) is 13.8. The van der Waals surface area contributed by atoms with E-state index in [2.05, 4.69) is 15.2 Å². The van der Waals surface area contributed by atoms with Crippen LogP contribution in [-0.2, 0) is 7.05 Å². The van der Waals surface area contributed by atoms with Crippen LogP contribution in [0.4, 0.5) is 0 Å². The Labute approximate surface area is 133 Å². The van der Waals surface area contributed by atoms with Gasteiger partial charge in [-0.05, 0) is 57.5 Å². The number of carbonyl (C=O) groups excluding carboxylic acids is 1. The van der Waals surface area contributed by atoms with Crippen LogP contribution < -0.4 is 10.9 Å². The first-order valence-electron chi connectivity index (χ1n) is 7.06. The third-order valence-electron chi connectivity index (χ3n) is 3.43. The SMILES string of the molecule is CN(C)CCCNC(=O)c1ccc2c(=O)n(C)c(=S)[nH]c2c1. The molecule has 7 heteroatoms. The lowest BCUT2D eigenvalue weighted by atomic mass is 10.1. The van der Waals surface area contributed by atoms with Crippen LogP contribution in [0.1, 0.15) is 16.8 Å². The molecule has 0 spiro atoms. The van der Waals surface area contributed by atoms with Crippen molar-refractivity contribution in [1.82, 2.24) is 19.8 Å². The maximum atomic E-state index is 12.1. The molecule has 2 rings (SSSR count). The Morgan fingerprint density at radius 2 is 2.14 bits per heavy atom. The second-order valence-electron chi connectivity index (χ2n) is 5.47. The first-order valence-corrected chi connectivity index (χ1v) is 7.47. The number of rotatable bonds is 5. The summed E-state index contributed by atoms with van der Waals surface area (Å²) in [5, 5.41) is 3.38. The molecule has 6 nitrogen and oxygen atoms in total. The molecule has 118 valence electrons. The molecule has 2 N–H and O–H groups in total. The van der Waals surface area contributed by atoms with Gasteiger partial charge < -0.3 is 15.2 Å². The number of amides is 1. The van der Waals surface area contributed by atoms with E-state index in [-0.39, 0.29) is 11.5 Å². The second kappa shape index (κ2) is 6.85. The summed E-state index contributed by atoms with van der Waals surface area (Å²) in [6.07, 6.45) is 0.884. The summed E-state index contributed by atoms with van der Waals surface area (Å²) < 4.78 is 1.71. The standard InChI is InChI=1S/C15H20N4O2S/c1-18(2)8-4-7-16-13(20)10-5-6-11-12(9-10)17-15(22)19(3)14(11)21/h5-6,9H,4,7-8H2,1-3H3,(H,16,20)(H,17,22). The highest BCUT2D eigenvalue weighted by molar-refractivity contribution is 7.71. The predicted octanol–water partition coefficient (Wildman–Crippen LogP) is 1.28. The van der Waals surface area contributed by atoms with E-state index in [0.29, 0.717) is 27.8 Å². The molecule has 1 aromatic heterocycles. The molecule has 0 aliphatic heterocycles. The summed E-state index contributed by atoms with van der Waals surface area (Å²) in [6, 6.07) is 4.97. The highest BCUT2D eigenvalue weighted by atomic mass is 32.1. The third-order valence-corrected chi connectivity index (χ3v) is 3.81. The lowest BCUT2D eigenvalue weighted by molar-refractivity contribution is 0.0952. The van der Waals surface area contributed by atoms with Gasteiger partial charge in [0.2, 0.25) is 0 Å². The minimum atomic E-state index is -0.170. The van der Waals surface area contributed by atoms with Crippen molar-refractivity contribution in [2.45, 2.75) is 6.42 Å². The summed E-state index contributed by atoms with van der Waals surface area (Å²) in [6.45, 7) is 1.53. The van der Waals surface area contributed by atoms with E-state index in [9.17, 15) is 9.59 Å². The van der Waals surface area contributed by atoms with Gasteiger partial charge in [0.25, 0.3) is 11.5 Å². The Bertz CT molecular complexity index is 807. The molecule has 1 heterocycles. The number of aromatic amines is 1. The van der Waals surface area contributed by atoms with Crippen molar-refractivity contribution in [3.05, 3.63) is 38.9 Å². The summed E-state index contributed by atoms with van der Waals surface area (Å²) >= 11 is 5.09. The van der Waals surface area contributed by atoms with Crippen LogP contribution in [0.2, 0.25) is 0 Å². The number of hydrogen-bond donors (Lipinski definition) is 2. The van der Waals surface area contributed by atoms with Crippen LogP contribution in [0.15, 0.2) is 23.0 Å². The Morgan fingerprint density at radius 1 is 1.41 bits per heavy atom. The average Bonchev–Trinajstić information content (AvgIpc) is 2.48. The molecule has 1 amide bonds. The molecule has 0 aliphatic rings. The summed E-state index contributed by atoms with van der Waals surface area (Å²) in [7, 11) is 5.60. The maximum Gasteiger partial charge on any atom is 0.261 e. The number of nitrogens with one attached hydrogen (secondary N) is 2. The molecular weight excluding hydrogens is 300 g/mol. The first-order chi connectivity index (χ1) is 10.4. The number of hydrogen-bond acceptors (Lipinski definition) is 4. The molecule has 0 radical (unpaired) electrons. The normalized spacial score (nSPS) is 11.1. The fourth-order valence-corrected chi connectivity index (χ4v) is 2.34. The van der Waals surface area contributed by atoms with Gasteiger partial charge in [0.05, 0.1) is 10.9 Å². The Hall–Kier alpha value is -1.99. The van der Waals surface area contributed by atoms with Gasteiger partial charge in [-0.2, -0.15) is 0 Å². The van der Waals surface area contributed by atoms with Gasteiger partial charge in [0.1, 0.15) is 0 Å². The molecule has 0 unspecified atom stereocenters. The number of aromatic nitrogens is 2. The van der Waals surface area contributed by atoms with Gasteiger partial charge in [-0.3, -0.25) is 14.2 Å². The minimum Gasteiger partial charge on any atom is -0.352 e. The van der Waals surface area contributed by atoms with Crippen LogP contribution >= 0.6 is 12.2 Å². The van der Waals surface area contributed by atoms with Crippen LogP contribution in [0.5, 0.6) is 0 Å². The van der Waals surface area contributed by atoms with Crippen LogP contribution in [0.3, 0.4) is 0 Å². The zero-order chi connectivity index (χ0) is 16.3. The highest BCUT2D eigenvalue weighted by Gasteiger charge is 2.08. The van der Waals surface area contributed by atoms with Gasteiger partial charge in [0, 0.05) is 19.2 Å². The van der Waals surface area contributed by atoms with Gasteiger partial charge in [-0.15, -0.1) is 0 Å². The average molecular weight is 320 g/mol. The molecular formula is C15H20N4O2S. The Morgan fingerprint density at radius 3 is 2.82 bits per heavy atom. The van der Waals surface area contributed by atoms with Crippen LogP contribution in [0, 0.1) is 4.77 Å². The smallest absolute Gasteiger partial charge is 0.261 e. The van der Waals surface area contributed by atoms with E-state index >= 15 is 0 Å². The first kappa shape index (κ1) is 16.4. The summed E-state index contributed by atoms with van der Waals surface area (Å²) in [5.74, 6) is -0.152. The molecule has 0 atom stereocenters. The molecule has 0 aliphatic carbocycles.